The first-order valence-corrected chi connectivity index (χ1v) is 10.9. The van der Waals surface area contributed by atoms with E-state index in [2.05, 4.69) is 4.99 Å². The van der Waals surface area contributed by atoms with E-state index in [1.807, 2.05) is 18.4 Å². The molecule has 0 saturated carbocycles. The van der Waals surface area contributed by atoms with Crippen molar-refractivity contribution in [3.63, 3.8) is 0 Å². The Kier molecular flexibility index (Phi) is 7.26. The summed E-state index contributed by atoms with van der Waals surface area (Å²) in [5.41, 5.74) is 3.13. The number of benzene rings is 2. The van der Waals surface area contributed by atoms with E-state index < -0.39 is 5.97 Å². The number of thiophene rings is 1. The fraction of sp³-hybridized carbons (Fsp3) is 0.136. The lowest BCUT2D eigenvalue weighted by Gasteiger charge is -2.05. The van der Waals surface area contributed by atoms with Gasteiger partial charge in [-0.1, -0.05) is 53.6 Å². The Bertz CT molecular complexity index is 1160. The smallest absolute Gasteiger partial charge is 0.335 e. The third-order valence-corrected chi connectivity index (χ3v) is 6.43. The molecule has 0 aliphatic carbocycles. The summed E-state index contributed by atoms with van der Waals surface area (Å²) < 4.78 is 0. The molecule has 4 nitrogen and oxygen atoms in total. The molecule has 2 N–H and O–H groups in total. The van der Waals surface area contributed by atoms with Gasteiger partial charge >= 0.3 is 5.97 Å². The third kappa shape index (κ3) is 5.26. The van der Waals surface area contributed by atoms with E-state index >= 15 is 0 Å². The molecule has 0 bridgehead atoms. The monoisotopic (exact) mass is 477 g/mol. The lowest BCUT2D eigenvalue weighted by Crippen LogP contribution is -2.07. The lowest BCUT2D eigenvalue weighted by atomic mass is 10.1. The molecular weight excluding hydrogens is 461 g/mol. The summed E-state index contributed by atoms with van der Waals surface area (Å²) >= 11 is 18.9. The maximum Gasteiger partial charge on any atom is 0.335 e. The van der Waals surface area contributed by atoms with Gasteiger partial charge in [-0.3, -0.25) is 4.99 Å². The normalized spacial score (nSPS) is 11.5. The third-order valence-electron chi connectivity index (χ3n) is 4.40. The zero-order valence-corrected chi connectivity index (χ0v) is 19.0. The fourth-order valence-electron chi connectivity index (χ4n) is 2.84. The van der Waals surface area contributed by atoms with Crippen molar-refractivity contribution in [1.29, 1.82) is 0 Å². The highest BCUT2D eigenvalue weighted by Gasteiger charge is 2.15. The second kappa shape index (κ2) is 9.71. The summed E-state index contributed by atoms with van der Waals surface area (Å²) in [6, 6.07) is 11.9. The number of aromatic hydroxyl groups is 1. The topological polar surface area (TPSA) is 69.9 Å². The molecule has 1 aromatic heterocycles. The SMILES string of the molecule is CC(=NCC(=S)Cc1cccc(C(=O)O)c1)c1csc(-c2ccc(Cl)c(Cl)c2)c1O. The molecule has 0 amide bonds. The highest BCUT2D eigenvalue weighted by Crippen LogP contribution is 2.40. The van der Waals surface area contributed by atoms with Crippen LogP contribution in [0.5, 0.6) is 5.75 Å². The first-order chi connectivity index (χ1) is 14.3. The summed E-state index contributed by atoms with van der Waals surface area (Å²) in [4.78, 5) is 17.0. The second-order valence-corrected chi connectivity index (χ2v) is 8.85. The highest BCUT2D eigenvalue weighted by molar-refractivity contribution is 7.80. The molecule has 0 aliphatic rings. The average molecular weight is 478 g/mol. The highest BCUT2D eigenvalue weighted by atomic mass is 35.5. The Morgan fingerprint density at radius 3 is 2.63 bits per heavy atom. The Labute approximate surface area is 193 Å². The molecule has 0 saturated heterocycles. The predicted molar refractivity (Wildman–Crippen MR) is 128 cm³/mol. The number of carboxylic acid groups (broad SMARTS) is 1. The summed E-state index contributed by atoms with van der Waals surface area (Å²) in [5.74, 6) is -0.831. The summed E-state index contributed by atoms with van der Waals surface area (Å²) in [6.07, 6.45) is 0.456. The van der Waals surface area contributed by atoms with Crippen LogP contribution in [0.3, 0.4) is 0 Å². The number of nitrogens with zero attached hydrogens (tertiary/aromatic N) is 1. The number of hydrogen-bond donors (Lipinski definition) is 2. The van der Waals surface area contributed by atoms with Crippen LogP contribution in [0.2, 0.25) is 10.0 Å². The van der Waals surface area contributed by atoms with Gasteiger partial charge < -0.3 is 10.2 Å². The van der Waals surface area contributed by atoms with Crippen LogP contribution in [-0.2, 0) is 6.42 Å². The van der Waals surface area contributed by atoms with Crippen LogP contribution in [0.15, 0.2) is 52.8 Å². The van der Waals surface area contributed by atoms with Gasteiger partial charge in [-0.2, -0.15) is 0 Å². The van der Waals surface area contributed by atoms with E-state index in [-0.39, 0.29) is 11.3 Å². The molecule has 30 heavy (non-hydrogen) atoms. The number of thiocarbonyl (C=S) groups is 1. The molecule has 2 aromatic carbocycles. The van der Waals surface area contributed by atoms with Crippen LogP contribution in [0, 0.1) is 0 Å². The molecule has 0 spiro atoms. The van der Waals surface area contributed by atoms with E-state index in [1.54, 1.807) is 36.4 Å². The molecule has 8 heteroatoms. The standard InChI is InChI=1S/C22H17Cl2NO3S2/c1-12(25-10-16(29)8-13-3-2-4-15(7-13)22(27)28)17-11-30-21(20(17)26)14-5-6-18(23)19(24)9-14/h2-7,9,11,26H,8,10H2,1H3,(H,27,28). The van der Waals surface area contributed by atoms with Crippen LogP contribution in [0.25, 0.3) is 10.4 Å². The lowest BCUT2D eigenvalue weighted by molar-refractivity contribution is 0.0696. The van der Waals surface area contributed by atoms with Crippen molar-refractivity contribution in [3.05, 3.63) is 74.6 Å². The number of aliphatic imine (C=N–C) groups is 1. The zero-order chi connectivity index (χ0) is 21.8. The van der Waals surface area contributed by atoms with Gasteiger partial charge in [0.25, 0.3) is 0 Å². The van der Waals surface area contributed by atoms with Crippen molar-refractivity contribution in [2.45, 2.75) is 13.3 Å². The molecule has 154 valence electrons. The van der Waals surface area contributed by atoms with Gasteiger partial charge in [-0.15, -0.1) is 11.3 Å². The Balaban J connectivity index is 1.72. The van der Waals surface area contributed by atoms with E-state index in [1.165, 1.54) is 11.3 Å². The van der Waals surface area contributed by atoms with Crippen molar-refractivity contribution in [3.8, 4) is 16.2 Å². The van der Waals surface area contributed by atoms with Gasteiger partial charge in [0.1, 0.15) is 5.75 Å². The Hall–Kier alpha value is -2.25. The van der Waals surface area contributed by atoms with Crippen LogP contribution >= 0.6 is 46.8 Å². The number of halogens is 2. The molecule has 0 fully saturated rings. The summed E-state index contributed by atoms with van der Waals surface area (Å²) in [6.45, 7) is 2.11. The Morgan fingerprint density at radius 2 is 1.93 bits per heavy atom. The molecule has 0 unspecified atom stereocenters. The molecule has 3 aromatic rings. The zero-order valence-electron chi connectivity index (χ0n) is 15.9. The minimum Gasteiger partial charge on any atom is -0.506 e. The van der Waals surface area contributed by atoms with E-state index in [0.29, 0.717) is 44.0 Å². The number of carbonyl (C=O) groups is 1. The van der Waals surface area contributed by atoms with Crippen molar-refractivity contribution in [2.75, 3.05) is 6.54 Å². The average Bonchev–Trinajstić information content (AvgIpc) is 3.10. The van der Waals surface area contributed by atoms with Crippen molar-refractivity contribution in [2.24, 2.45) is 4.99 Å². The molecule has 0 atom stereocenters. The van der Waals surface area contributed by atoms with Gasteiger partial charge in [0.2, 0.25) is 0 Å². The number of aromatic carboxylic acids is 1. The largest absolute Gasteiger partial charge is 0.506 e. The second-order valence-electron chi connectivity index (χ2n) is 6.58. The maximum absolute atomic E-state index is 11.1. The summed E-state index contributed by atoms with van der Waals surface area (Å²) in [5, 5.41) is 22.5. The molecule has 0 radical (unpaired) electrons. The van der Waals surface area contributed by atoms with Crippen LogP contribution in [0.1, 0.15) is 28.4 Å². The van der Waals surface area contributed by atoms with Gasteiger partial charge in [0.15, 0.2) is 0 Å². The maximum atomic E-state index is 11.1. The predicted octanol–water partition coefficient (Wildman–Crippen LogP) is 6.55. The minimum atomic E-state index is -0.970. The van der Waals surface area contributed by atoms with Gasteiger partial charge in [-0.05, 0) is 42.3 Å². The van der Waals surface area contributed by atoms with E-state index in [9.17, 15) is 9.90 Å². The number of hydrogen-bond acceptors (Lipinski definition) is 5. The van der Waals surface area contributed by atoms with Crippen LogP contribution in [0.4, 0.5) is 0 Å². The van der Waals surface area contributed by atoms with E-state index in [4.69, 9.17) is 40.5 Å². The quantitative estimate of drug-likeness (QED) is 0.299. The first-order valence-electron chi connectivity index (χ1n) is 8.87. The summed E-state index contributed by atoms with van der Waals surface area (Å²) in [7, 11) is 0. The van der Waals surface area contributed by atoms with Crippen molar-refractivity contribution in [1.82, 2.24) is 0 Å². The van der Waals surface area contributed by atoms with Gasteiger partial charge in [0.05, 0.1) is 27.0 Å². The Morgan fingerprint density at radius 1 is 1.17 bits per heavy atom. The van der Waals surface area contributed by atoms with Gasteiger partial charge in [-0.25, -0.2) is 4.79 Å². The van der Waals surface area contributed by atoms with Crippen LogP contribution < -0.4 is 0 Å². The molecule has 0 aliphatic heterocycles. The van der Waals surface area contributed by atoms with Crippen molar-refractivity contribution < 1.29 is 15.0 Å². The molecular formula is C22H17Cl2NO3S2. The van der Waals surface area contributed by atoms with Crippen molar-refractivity contribution >= 4 is 63.3 Å². The molecule has 1 heterocycles. The van der Waals surface area contributed by atoms with E-state index in [0.717, 1.165) is 11.1 Å². The van der Waals surface area contributed by atoms with Crippen LogP contribution in [-0.4, -0.2) is 33.3 Å². The number of rotatable bonds is 7. The minimum absolute atomic E-state index is 0.139. The first kappa shape index (κ1) is 22.4. The molecule has 3 rings (SSSR count). The number of carboxylic acids is 1. The fourth-order valence-corrected chi connectivity index (χ4v) is 4.37. The van der Waals surface area contributed by atoms with Gasteiger partial charge in [0, 0.05) is 27.9 Å².